The molecule has 34 heavy (non-hydrogen) atoms. The summed E-state index contributed by atoms with van der Waals surface area (Å²) in [6.07, 6.45) is 1.81. The molecule has 0 spiro atoms. The topological polar surface area (TPSA) is 59.9 Å². The van der Waals surface area contributed by atoms with Crippen LogP contribution in [0.5, 0.6) is 11.5 Å². The van der Waals surface area contributed by atoms with E-state index in [9.17, 15) is 4.79 Å². The normalized spacial score (nSPS) is 15.6. The molecule has 0 bridgehead atoms. The highest BCUT2D eigenvalue weighted by Crippen LogP contribution is 2.37. The predicted molar refractivity (Wildman–Crippen MR) is 143 cm³/mol. The van der Waals surface area contributed by atoms with Gasteiger partial charge in [-0.2, -0.15) is 0 Å². The summed E-state index contributed by atoms with van der Waals surface area (Å²) in [5.41, 5.74) is 3.44. The first-order chi connectivity index (χ1) is 16.4. The molecule has 0 saturated carbocycles. The second-order valence-corrected chi connectivity index (χ2v) is 9.69. The molecule has 0 atom stereocenters. The van der Waals surface area contributed by atoms with E-state index in [0.29, 0.717) is 39.8 Å². The number of amidine groups is 1. The molecular formula is C26H22BrClN2O3S. The van der Waals surface area contributed by atoms with Gasteiger partial charge in [0.2, 0.25) is 0 Å². The predicted octanol–water partition coefficient (Wildman–Crippen LogP) is 7.28. The van der Waals surface area contributed by atoms with Gasteiger partial charge in [0, 0.05) is 9.50 Å². The van der Waals surface area contributed by atoms with Gasteiger partial charge in [0.05, 0.1) is 17.2 Å². The summed E-state index contributed by atoms with van der Waals surface area (Å²) in [6, 6.07) is 19.2. The van der Waals surface area contributed by atoms with Crippen molar-refractivity contribution in [1.82, 2.24) is 5.32 Å². The van der Waals surface area contributed by atoms with Crippen molar-refractivity contribution < 1.29 is 14.3 Å². The number of halogens is 2. The van der Waals surface area contributed by atoms with Crippen molar-refractivity contribution in [2.24, 2.45) is 4.99 Å². The lowest BCUT2D eigenvalue weighted by molar-refractivity contribution is -0.115. The van der Waals surface area contributed by atoms with E-state index >= 15 is 0 Å². The van der Waals surface area contributed by atoms with Crippen LogP contribution in [0.4, 0.5) is 5.69 Å². The number of carbonyl (C=O) groups excluding carboxylic acids is 1. The van der Waals surface area contributed by atoms with E-state index < -0.39 is 0 Å². The summed E-state index contributed by atoms with van der Waals surface area (Å²) >= 11 is 11.1. The lowest BCUT2D eigenvalue weighted by Gasteiger charge is -2.14. The smallest absolute Gasteiger partial charge is 0.264 e. The number of hydrogen-bond acceptors (Lipinski definition) is 5. The fourth-order valence-electron chi connectivity index (χ4n) is 3.23. The Balaban J connectivity index is 1.58. The van der Waals surface area contributed by atoms with Crippen LogP contribution in [-0.2, 0) is 11.4 Å². The highest BCUT2D eigenvalue weighted by molar-refractivity contribution is 9.10. The molecule has 0 aliphatic carbocycles. The van der Waals surface area contributed by atoms with Gasteiger partial charge in [-0.1, -0.05) is 63.9 Å². The number of thioether (sulfide) groups is 1. The van der Waals surface area contributed by atoms with Gasteiger partial charge in [0.15, 0.2) is 16.7 Å². The van der Waals surface area contributed by atoms with Gasteiger partial charge in [-0.15, -0.1) is 0 Å². The van der Waals surface area contributed by atoms with Crippen molar-refractivity contribution in [3.63, 3.8) is 0 Å². The van der Waals surface area contributed by atoms with Crippen LogP contribution in [0.25, 0.3) is 6.08 Å². The van der Waals surface area contributed by atoms with Crippen LogP contribution in [0.15, 0.2) is 75.0 Å². The zero-order valence-corrected chi connectivity index (χ0v) is 21.8. The maximum atomic E-state index is 12.6. The fraction of sp³-hybridized carbons (Fsp3) is 0.154. The van der Waals surface area contributed by atoms with Gasteiger partial charge in [-0.3, -0.25) is 4.79 Å². The number of amides is 1. The minimum Gasteiger partial charge on any atom is -0.490 e. The maximum absolute atomic E-state index is 12.6. The van der Waals surface area contributed by atoms with Gasteiger partial charge in [-0.25, -0.2) is 4.99 Å². The summed E-state index contributed by atoms with van der Waals surface area (Å²) in [6.45, 7) is 4.73. The molecule has 174 valence electrons. The number of rotatable bonds is 7. The van der Waals surface area contributed by atoms with E-state index in [1.54, 1.807) is 6.08 Å². The molecule has 1 heterocycles. The zero-order valence-electron chi connectivity index (χ0n) is 18.6. The lowest BCUT2D eigenvalue weighted by atomic mass is 10.1. The third-order valence-electron chi connectivity index (χ3n) is 5.00. The van der Waals surface area contributed by atoms with E-state index in [4.69, 9.17) is 21.1 Å². The van der Waals surface area contributed by atoms with Gasteiger partial charge < -0.3 is 14.8 Å². The number of ether oxygens (including phenoxy) is 2. The van der Waals surface area contributed by atoms with Gasteiger partial charge >= 0.3 is 0 Å². The Morgan fingerprint density at radius 2 is 1.85 bits per heavy atom. The summed E-state index contributed by atoms with van der Waals surface area (Å²) < 4.78 is 12.6. The van der Waals surface area contributed by atoms with Gasteiger partial charge in [-0.05, 0) is 72.6 Å². The summed E-state index contributed by atoms with van der Waals surface area (Å²) in [5, 5.41) is 3.96. The Morgan fingerprint density at radius 1 is 1.09 bits per heavy atom. The SMILES string of the molecule is CCOc1cc(/C=C2/SC(=Nc3cccc(Cl)c3C)NC2=O)c(Br)cc1OCc1ccccc1. The Morgan fingerprint density at radius 3 is 2.62 bits per heavy atom. The lowest BCUT2D eigenvalue weighted by Crippen LogP contribution is -2.19. The van der Waals surface area contributed by atoms with E-state index in [1.807, 2.05) is 74.5 Å². The minimum absolute atomic E-state index is 0.210. The van der Waals surface area contributed by atoms with Gasteiger partial charge in [0.1, 0.15) is 6.61 Å². The van der Waals surface area contributed by atoms with E-state index in [2.05, 4.69) is 26.2 Å². The van der Waals surface area contributed by atoms with Crippen LogP contribution in [0.1, 0.15) is 23.6 Å². The summed E-state index contributed by atoms with van der Waals surface area (Å²) in [7, 11) is 0. The third kappa shape index (κ3) is 5.84. The van der Waals surface area contributed by atoms with Crippen molar-refractivity contribution in [1.29, 1.82) is 0 Å². The molecule has 0 unspecified atom stereocenters. The molecule has 0 radical (unpaired) electrons. The van der Waals surface area contributed by atoms with Crippen molar-refractivity contribution in [2.45, 2.75) is 20.5 Å². The third-order valence-corrected chi connectivity index (χ3v) is 7.00. The van der Waals surface area contributed by atoms with Crippen molar-refractivity contribution in [3.05, 3.63) is 91.8 Å². The first-order valence-corrected chi connectivity index (χ1v) is 12.6. The van der Waals surface area contributed by atoms with Gasteiger partial charge in [0.25, 0.3) is 5.91 Å². The number of aliphatic imine (C=N–C) groups is 1. The summed E-state index contributed by atoms with van der Waals surface area (Å²) in [4.78, 5) is 17.7. The molecular weight excluding hydrogens is 536 g/mol. The molecule has 4 rings (SSSR count). The molecule has 3 aromatic rings. The quantitative estimate of drug-likeness (QED) is 0.310. The first kappa shape index (κ1) is 24.4. The van der Waals surface area contributed by atoms with Crippen LogP contribution in [0.3, 0.4) is 0 Å². The number of nitrogens with one attached hydrogen (secondary N) is 1. The van der Waals surface area contributed by atoms with E-state index in [1.165, 1.54) is 11.8 Å². The fourth-order valence-corrected chi connectivity index (χ4v) is 4.66. The second-order valence-electron chi connectivity index (χ2n) is 7.39. The van der Waals surface area contributed by atoms with E-state index in [-0.39, 0.29) is 5.91 Å². The highest BCUT2D eigenvalue weighted by Gasteiger charge is 2.25. The van der Waals surface area contributed by atoms with Crippen molar-refractivity contribution in [2.75, 3.05) is 6.61 Å². The first-order valence-electron chi connectivity index (χ1n) is 10.6. The molecule has 1 saturated heterocycles. The second kappa shape index (κ2) is 11.1. The monoisotopic (exact) mass is 556 g/mol. The number of benzene rings is 3. The van der Waals surface area contributed by atoms with Crippen molar-refractivity contribution in [3.8, 4) is 11.5 Å². The number of hydrogen-bond donors (Lipinski definition) is 1. The molecule has 3 aromatic carbocycles. The van der Waals surface area contributed by atoms with Crippen LogP contribution < -0.4 is 14.8 Å². The molecule has 1 fully saturated rings. The standard InChI is InChI=1S/C26H22BrClN2O3S/c1-3-32-22-12-18(19(27)14-23(22)33-15-17-8-5-4-6-9-17)13-24-25(31)30-26(34-24)29-21-11-7-10-20(28)16(21)2/h4-14H,3,15H2,1-2H3,(H,29,30,31)/b24-13+. The Kier molecular flexibility index (Phi) is 7.98. The number of nitrogens with zero attached hydrogens (tertiary/aromatic N) is 1. The van der Waals surface area contributed by atoms with Crippen LogP contribution in [0, 0.1) is 6.92 Å². The molecule has 0 aromatic heterocycles. The van der Waals surface area contributed by atoms with Crippen molar-refractivity contribution >= 4 is 62.1 Å². The molecule has 8 heteroatoms. The Labute approximate surface area is 216 Å². The Hall–Kier alpha value is -2.74. The van der Waals surface area contributed by atoms with Crippen LogP contribution in [0.2, 0.25) is 5.02 Å². The average Bonchev–Trinajstić information content (AvgIpc) is 3.17. The molecule has 5 nitrogen and oxygen atoms in total. The maximum Gasteiger partial charge on any atom is 0.264 e. The highest BCUT2D eigenvalue weighted by atomic mass is 79.9. The Bertz CT molecular complexity index is 1280. The average molecular weight is 558 g/mol. The number of carbonyl (C=O) groups is 1. The molecule has 1 N–H and O–H groups in total. The largest absolute Gasteiger partial charge is 0.490 e. The summed E-state index contributed by atoms with van der Waals surface area (Å²) in [5.74, 6) is 1.03. The molecule has 1 aliphatic heterocycles. The van der Waals surface area contributed by atoms with Crippen LogP contribution in [-0.4, -0.2) is 17.7 Å². The zero-order chi connectivity index (χ0) is 24.1. The van der Waals surface area contributed by atoms with E-state index in [0.717, 1.165) is 26.9 Å². The minimum atomic E-state index is -0.210. The van der Waals surface area contributed by atoms with Crippen LogP contribution >= 0.6 is 39.3 Å². The molecule has 1 amide bonds. The molecule has 1 aliphatic rings.